The van der Waals surface area contributed by atoms with Crippen molar-refractivity contribution in [2.75, 3.05) is 0 Å². The van der Waals surface area contributed by atoms with E-state index in [0.717, 1.165) is 5.56 Å². The molecule has 6 heteroatoms. The first-order chi connectivity index (χ1) is 12.7. The average molecular weight is 347 g/mol. The molecular weight excluding hydrogens is 330 g/mol. The third-order valence-corrected chi connectivity index (χ3v) is 3.72. The summed E-state index contributed by atoms with van der Waals surface area (Å²) in [7, 11) is 0. The largest absolute Gasteiger partial charge is 0.489 e. The fourth-order valence-corrected chi connectivity index (χ4v) is 2.36. The second kappa shape index (κ2) is 7.99. The van der Waals surface area contributed by atoms with E-state index in [0.29, 0.717) is 23.6 Å². The molecule has 3 rings (SSSR count). The number of hydrogen-bond acceptors (Lipinski definition) is 5. The van der Waals surface area contributed by atoms with Gasteiger partial charge in [-0.1, -0.05) is 47.6 Å². The van der Waals surface area contributed by atoms with Gasteiger partial charge in [0.1, 0.15) is 18.4 Å². The van der Waals surface area contributed by atoms with Gasteiger partial charge < -0.3 is 14.6 Å². The quantitative estimate of drug-likeness (QED) is 0.736. The van der Waals surface area contributed by atoms with Gasteiger partial charge in [-0.3, -0.25) is 4.79 Å². The maximum Gasteiger partial charge on any atom is 0.291 e. The second-order valence-electron chi connectivity index (χ2n) is 5.71. The van der Waals surface area contributed by atoms with Gasteiger partial charge in [0, 0.05) is 6.07 Å². The maximum atomic E-state index is 12.1. The van der Waals surface area contributed by atoms with Crippen molar-refractivity contribution in [1.29, 1.82) is 5.26 Å². The fourth-order valence-electron chi connectivity index (χ4n) is 2.36. The molecule has 2 aromatic carbocycles. The molecule has 0 aliphatic heterocycles. The second-order valence-corrected chi connectivity index (χ2v) is 5.71. The zero-order valence-electron chi connectivity index (χ0n) is 14.2. The van der Waals surface area contributed by atoms with Crippen LogP contribution in [-0.2, 0) is 6.61 Å². The first kappa shape index (κ1) is 17.2. The zero-order valence-corrected chi connectivity index (χ0v) is 14.2. The first-order valence-corrected chi connectivity index (χ1v) is 8.06. The Morgan fingerprint density at radius 1 is 1.23 bits per heavy atom. The van der Waals surface area contributed by atoms with Crippen molar-refractivity contribution in [1.82, 2.24) is 10.5 Å². The van der Waals surface area contributed by atoms with E-state index in [1.807, 2.05) is 30.3 Å². The molecule has 26 heavy (non-hydrogen) atoms. The highest BCUT2D eigenvalue weighted by molar-refractivity contribution is 5.91. The number of nitriles is 1. The van der Waals surface area contributed by atoms with E-state index in [1.165, 1.54) is 6.07 Å². The third kappa shape index (κ3) is 4.28. The molecule has 1 aromatic heterocycles. The van der Waals surface area contributed by atoms with Crippen molar-refractivity contribution < 1.29 is 14.1 Å². The molecule has 3 aromatic rings. The Morgan fingerprint density at radius 2 is 1.96 bits per heavy atom. The van der Waals surface area contributed by atoms with Crippen molar-refractivity contribution in [3.63, 3.8) is 0 Å². The van der Waals surface area contributed by atoms with Gasteiger partial charge in [-0.25, -0.2) is 0 Å². The molecule has 1 heterocycles. The minimum atomic E-state index is -0.795. The topological polar surface area (TPSA) is 88.2 Å². The van der Waals surface area contributed by atoms with E-state index >= 15 is 0 Å². The van der Waals surface area contributed by atoms with Gasteiger partial charge in [-0.15, -0.1) is 0 Å². The van der Waals surface area contributed by atoms with E-state index in [9.17, 15) is 10.1 Å². The molecule has 0 radical (unpaired) electrons. The van der Waals surface area contributed by atoms with Gasteiger partial charge in [-0.2, -0.15) is 5.26 Å². The molecule has 1 N–H and O–H groups in total. The van der Waals surface area contributed by atoms with Gasteiger partial charge in [0.2, 0.25) is 5.76 Å². The van der Waals surface area contributed by atoms with Gasteiger partial charge in [0.25, 0.3) is 5.91 Å². The first-order valence-electron chi connectivity index (χ1n) is 8.06. The number of aromatic nitrogens is 1. The Bertz CT molecular complexity index is 911. The molecule has 1 amide bonds. The lowest BCUT2D eigenvalue weighted by Gasteiger charge is -2.12. The molecule has 0 bridgehead atoms. The molecule has 0 aliphatic rings. The Balaban J connectivity index is 1.62. The third-order valence-electron chi connectivity index (χ3n) is 3.72. The smallest absolute Gasteiger partial charge is 0.291 e. The molecule has 0 aliphatic carbocycles. The molecule has 1 atom stereocenters. The highest BCUT2D eigenvalue weighted by atomic mass is 16.5. The van der Waals surface area contributed by atoms with Gasteiger partial charge >= 0.3 is 0 Å². The molecule has 6 nitrogen and oxygen atoms in total. The molecular formula is C20H17N3O3. The number of hydrogen-bond donors (Lipinski definition) is 1. The van der Waals surface area contributed by atoms with Crippen molar-refractivity contribution in [2.45, 2.75) is 19.6 Å². The lowest BCUT2D eigenvalue weighted by atomic mass is 10.1. The van der Waals surface area contributed by atoms with Crippen LogP contribution in [0.2, 0.25) is 0 Å². The molecule has 0 fully saturated rings. The van der Waals surface area contributed by atoms with Crippen molar-refractivity contribution in [3.8, 4) is 11.8 Å². The Morgan fingerprint density at radius 3 is 2.58 bits per heavy atom. The lowest BCUT2D eigenvalue weighted by molar-refractivity contribution is 0.0908. The molecule has 0 unspecified atom stereocenters. The summed E-state index contributed by atoms with van der Waals surface area (Å²) in [5.41, 5.74) is 2.33. The number of benzene rings is 2. The predicted molar refractivity (Wildman–Crippen MR) is 94.3 cm³/mol. The van der Waals surface area contributed by atoms with Gasteiger partial charge in [0.05, 0.1) is 11.8 Å². The van der Waals surface area contributed by atoms with Crippen LogP contribution < -0.4 is 10.1 Å². The number of carbonyl (C=O) groups excluding carboxylic acids is 1. The summed E-state index contributed by atoms with van der Waals surface area (Å²) in [6.07, 6.45) is 0. The number of nitrogens with zero attached hydrogens (tertiary/aromatic N) is 2. The van der Waals surface area contributed by atoms with E-state index in [-0.39, 0.29) is 5.76 Å². The Hall–Kier alpha value is -3.59. The van der Waals surface area contributed by atoms with Crippen LogP contribution in [0.4, 0.5) is 0 Å². The molecule has 0 saturated carbocycles. The minimum Gasteiger partial charge on any atom is -0.489 e. The van der Waals surface area contributed by atoms with Crippen LogP contribution in [0, 0.1) is 18.3 Å². The summed E-state index contributed by atoms with van der Waals surface area (Å²) in [5, 5.41) is 15.6. The predicted octanol–water partition coefficient (Wildman–Crippen LogP) is 3.56. The SMILES string of the molecule is Cc1cc(C(=O)N[C@@H](C#N)c2ccc(OCc3ccccc3)cc2)on1. The highest BCUT2D eigenvalue weighted by Crippen LogP contribution is 2.19. The highest BCUT2D eigenvalue weighted by Gasteiger charge is 2.18. The van der Waals surface area contributed by atoms with Crippen LogP contribution in [0.3, 0.4) is 0 Å². The van der Waals surface area contributed by atoms with Crippen LogP contribution in [0.15, 0.2) is 65.2 Å². The number of aryl methyl sites for hydroxylation is 1. The molecule has 130 valence electrons. The summed E-state index contributed by atoms with van der Waals surface area (Å²) >= 11 is 0. The number of carbonyl (C=O) groups is 1. The maximum absolute atomic E-state index is 12.1. The number of nitrogens with one attached hydrogen (secondary N) is 1. The van der Waals surface area contributed by atoms with Crippen LogP contribution in [0.25, 0.3) is 0 Å². The van der Waals surface area contributed by atoms with Crippen molar-refractivity contribution in [2.24, 2.45) is 0 Å². The Kier molecular flexibility index (Phi) is 5.30. The lowest BCUT2D eigenvalue weighted by Crippen LogP contribution is -2.27. The summed E-state index contributed by atoms with van der Waals surface area (Å²) < 4.78 is 10.6. The van der Waals surface area contributed by atoms with Crippen LogP contribution in [0.1, 0.15) is 33.4 Å². The number of amides is 1. The average Bonchev–Trinajstić information content (AvgIpc) is 3.12. The minimum absolute atomic E-state index is 0.0746. The summed E-state index contributed by atoms with van der Waals surface area (Å²) in [6, 6.07) is 19.7. The van der Waals surface area contributed by atoms with Crippen molar-refractivity contribution >= 4 is 5.91 Å². The monoisotopic (exact) mass is 347 g/mol. The van der Waals surface area contributed by atoms with Crippen LogP contribution >= 0.6 is 0 Å². The standard InChI is InChI=1S/C20H17N3O3/c1-14-11-19(26-23-14)20(24)22-18(12-21)16-7-9-17(10-8-16)25-13-15-5-3-2-4-6-15/h2-11,18H,13H2,1H3,(H,22,24)/t18-/m0/s1. The molecule has 0 spiro atoms. The fraction of sp³-hybridized carbons (Fsp3) is 0.150. The summed E-state index contributed by atoms with van der Waals surface area (Å²) in [4.78, 5) is 12.1. The van der Waals surface area contributed by atoms with Gasteiger partial charge in [-0.05, 0) is 30.2 Å². The zero-order chi connectivity index (χ0) is 18.4. The van der Waals surface area contributed by atoms with Crippen LogP contribution in [-0.4, -0.2) is 11.1 Å². The number of rotatable bonds is 6. The van der Waals surface area contributed by atoms with E-state index in [4.69, 9.17) is 9.26 Å². The van der Waals surface area contributed by atoms with Crippen molar-refractivity contribution in [3.05, 3.63) is 83.2 Å². The van der Waals surface area contributed by atoms with Gasteiger partial charge in [0.15, 0.2) is 0 Å². The Labute approximate surface area is 151 Å². The van der Waals surface area contributed by atoms with E-state index in [1.54, 1.807) is 31.2 Å². The number of ether oxygens (including phenoxy) is 1. The van der Waals surface area contributed by atoms with Crippen LogP contribution in [0.5, 0.6) is 5.75 Å². The van der Waals surface area contributed by atoms with E-state index < -0.39 is 11.9 Å². The summed E-state index contributed by atoms with van der Waals surface area (Å²) in [6.45, 7) is 2.18. The summed E-state index contributed by atoms with van der Waals surface area (Å²) in [5.74, 6) is 0.276. The molecule has 0 saturated heterocycles. The van der Waals surface area contributed by atoms with E-state index in [2.05, 4.69) is 16.5 Å². The normalized spacial score (nSPS) is 11.4.